The van der Waals surface area contributed by atoms with Gasteiger partial charge in [-0.25, -0.2) is 12.4 Å². The summed E-state index contributed by atoms with van der Waals surface area (Å²) in [6, 6.07) is 13.0. The Hall–Kier alpha value is -1.41. The fourth-order valence-corrected chi connectivity index (χ4v) is 6.18. The third-order valence-corrected chi connectivity index (χ3v) is 8.93. The predicted molar refractivity (Wildman–Crippen MR) is 121 cm³/mol. The van der Waals surface area contributed by atoms with Gasteiger partial charge >= 0.3 is 0 Å². The largest absolute Gasteiger partial charge is 0.298 e. The number of hydrogen-bond acceptors (Lipinski definition) is 5. The zero-order chi connectivity index (χ0) is 20.6. The molecule has 1 unspecified atom stereocenters. The molecule has 2 aromatic carbocycles. The highest BCUT2D eigenvalue weighted by Crippen LogP contribution is 2.40. The normalized spacial score (nSPS) is 13.4. The van der Waals surface area contributed by atoms with Gasteiger partial charge in [0.25, 0.3) is 10.0 Å². The van der Waals surface area contributed by atoms with Gasteiger partial charge in [0.05, 0.1) is 15.8 Å². The van der Waals surface area contributed by atoms with Crippen molar-refractivity contribution >= 4 is 44.4 Å². The van der Waals surface area contributed by atoms with E-state index < -0.39 is 10.0 Å². The molecule has 4 nitrogen and oxygen atoms in total. The summed E-state index contributed by atoms with van der Waals surface area (Å²) in [5.41, 5.74) is 2.52. The van der Waals surface area contributed by atoms with Crippen molar-refractivity contribution in [3.8, 4) is 0 Å². The molecule has 0 aliphatic heterocycles. The highest BCUT2D eigenvalue weighted by molar-refractivity contribution is 8.00. The van der Waals surface area contributed by atoms with Gasteiger partial charge in [0, 0.05) is 20.9 Å². The molecule has 28 heavy (non-hydrogen) atoms. The molecule has 0 radical (unpaired) electrons. The van der Waals surface area contributed by atoms with Crippen LogP contribution in [0.15, 0.2) is 57.2 Å². The molecule has 0 bridgehead atoms. The molecule has 1 heterocycles. The van der Waals surface area contributed by atoms with Crippen LogP contribution >= 0.6 is 23.5 Å². The molecule has 3 aromatic rings. The second kappa shape index (κ2) is 8.14. The molecule has 0 saturated carbocycles. The predicted octanol–water partition coefficient (Wildman–Crippen LogP) is 5.22. The van der Waals surface area contributed by atoms with E-state index >= 15 is 0 Å². The Kier molecular flexibility index (Phi) is 6.20. The maximum absolute atomic E-state index is 13.5. The minimum atomic E-state index is -3.68. The molecule has 0 aliphatic rings. The Labute approximate surface area is 176 Å². The molecule has 1 aromatic heterocycles. The summed E-state index contributed by atoms with van der Waals surface area (Å²) in [6.45, 7) is 5.98. The van der Waals surface area contributed by atoms with E-state index in [-0.39, 0.29) is 5.37 Å². The van der Waals surface area contributed by atoms with E-state index in [0.717, 1.165) is 32.0 Å². The third-order valence-electron chi connectivity index (χ3n) is 4.88. The number of aromatic nitrogens is 1. The minimum Gasteiger partial charge on any atom is -0.298 e. The summed E-state index contributed by atoms with van der Waals surface area (Å²) in [5.74, 6) is 0. The molecule has 0 aliphatic carbocycles. The van der Waals surface area contributed by atoms with Crippen LogP contribution in [0.25, 0.3) is 10.9 Å². The first-order chi connectivity index (χ1) is 13.2. The van der Waals surface area contributed by atoms with Crippen molar-refractivity contribution in [2.24, 2.45) is 0 Å². The van der Waals surface area contributed by atoms with E-state index in [9.17, 15) is 8.42 Å². The number of fused-ring (bicyclic) bond motifs is 1. The van der Waals surface area contributed by atoms with Crippen molar-refractivity contribution in [2.75, 3.05) is 20.4 Å². The first kappa shape index (κ1) is 21.3. The van der Waals surface area contributed by atoms with Crippen LogP contribution < -0.4 is 0 Å². The first-order valence-corrected chi connectivity index (χ1v) is 12.6. The van der Waals surface area contributed by atoms with Crippen LogP contribution in [0.2, 0.25) is 0 Å². The summed E-state index contributed by atoms with van der Waals surface area (Å²) < 4.78 is 28.5. The third kappa shape index (κ3) is 3.85. The number of rotatable bonds is 6. The van der Waals surface area contributed by atoms with Crippen molar-refractivity contribution in [3.63, 3.8) is 0 Å². The Morgan fingerprint density at radius 2 is 1.68 bits per heavy atom. The SMILES string of the molecule is CSc1ccc2c(c1)c(SC(C)N(C)C)c(C)n2S(=O)(=O)c1ccc(C)cc1. The Balaban J connectivity index is 2.28. The maximum Gasteiger partial charge on any atom is 0.268 e. The van der Waals surface area contributed by atoms with Crippen molar-refractivity contribution in [2.45, 2.75) is 40.8 Å². The number of nitrogens with zero attached hydrogens (tertiary/aromatic N) is 2. The average Bonchev–Trinajstić information content (AvgIpc) is 2.93. The van der Waals surface area contributed by atoms with Crippen LogP contribution in [-0.4, -0.2) is 43.0 Å². The zero-order valence-corrected chi connectivity index (χ0v) is 19.5. The van der Waals surface area contributed by atoms with Crippen molar-refractivity contribution in [1.82, 2.24) is 8.87 Å². The Bertz CT molecular complexity index is 1100. The highest BCUT2D eigenvalue weighted by Gasteiger charge is 2.26. The molecule has 0 spiro atoms. The van der Waals surface area contributed by atoms with Gasteiger partial charge in [-0.05, 0) is 71.5 Å². The van der Waals surface area contributed by atoms with Gasteiger partial charge in [0.15, 0.2) is 0 Å². The molecule has 150 valence electrons. The minimum absolute atomic E-state index is 0.220. The van der Waals surface area contributed by atoms with Crippen molar-refractivity contribution in [3.05, 3.63) is 53.7 Å². The van der Waals surface area contributed by atoms with Crippen LogP contribution in [0.3, 0.4) is 0 Å². The van der Waals surface area contributed by atoms with Crippen LogP contribution in [0.5, 0.6) is 0 Å². The van der Waals surface area contributed by atoms with Gasteiger partial charge in [-0.1, -0.05) is 17.7 Å². The van der Waals surface area contributed by atoms with E-state index in [4.69, 9.17) is 0 Å². The number of thioether (sulfide) groups is 2. The molecule has 0 N–H and O–H groups in total. The van der Waals surface area contributed by atoms with Crippen molar-refractivity contribution in [1.29, 1.82) is 0 Å². The van der Waals surface area contributed by atoms with Gasteiger partial charge < -0.3 is 0 Å². The molecule has 0 fully saturated rings. The van der Waals surface area contributed by atoms with Crippen molar-refractivity contribution < 1.29 is 8.42 Å². The van der Waals surface area contributed by atoms with Gasteiger partial charge in [-0.15, -0.1) is 23.5 Å². The lowest BCUT2D eigenvalue weighted by molar-refractivity contribution is 0.402. The highest BCUT2D eigenvalue weighted by atomic mass is 32.2. The average molecular weight is 435 g/mol. The van der Waals surface area contributed by atoms with E-state index in [2.05, 4.69) is 17.9 Å². The number of hydrogen-bond donors (Lipinski definition) is 0. The fraction of sp³-hybridized carbons (Fsp3) is 0.333. The quantitative estimate of drug-likeness (QED) is 0.393. The lowest BCUT2D eigenvalue weighted by Crippen LogP contribution is -2.21. The van der Waals surface area contributed by atoms with Crippen LogP contribution in [-0.2, 0) is 10.0 Å². The van der Waals surface area contributed by atoms with E-state index in [1.807, 2.05) is 58.5 Å². The van der Waals surface area contributed by atoms with Gasteiger partial charge in [0.2, 0.25) is 0 Å². The van der Waals surface area contributed by atoms with Gasteiger partial charge in [0.1, 0.15) is 0 Å². The summed E-state index contributed by atoms with van der Waals surface area (Å²) in [4.78, 5) is 4.57. The molecule has 0 saturated heterocycles. The second-order valence-electron chi connectivity index (χ2n) is 7.06. The zero-order valence-electron chi connectivity index (χ0n) is 17.1. The molecular formula is C21H26N2O2S3. The molecule has 7 heteroatoms. The topological polar surface area (TPSA) is 42.3 Å². The molecule has 0 amide bonds. The summed E-state index contributed by atoms with van der Waals surface area (Å²) in [7, 11) is 0.376. The summed E-state index contributed by atoms with van der Waals surface area (Å²) >= 11 is 3.35. The standard InChI is InChI=1S/C21H26N2O2S3/c1-14-7-10-18(11-8-14)28(24,25)23-15(2)21(27-16(3)22(4)5)19-13-17(26-6)9-12-20(19)23/h7-13,16H,1-6H3. The lowest BCUT2D eigenvalue weighted by atomic mass is 10.2. The smallest absolute Gasteiger partial charge is 0.268 e. The Morgan fingerprint density at radius 3 is 2.25 bits per heavy atom. The first-order valence-electron chi connectivity index (χ1n) is 9.01. The van der Waals surface area contributed by atoms with E-state index in [1.54, 1.807) is 35.7 Å². The van der Waals surface area contributed by atoms with E-state index in [1.165, 1.54) is 3.97 Å². The lowest BCUT2D eigenvalue weighted by Gasteiger charge is -2.19. The summed E-state index contributed by atoms with van der Waals surface area (Å²) in [5, 5.41) is 1.21. The second-order valence-corrected chi connectivity index (χ2v) is 11.1. The Morgan fingerprint density at radius 1 is 1.04 bits per heavy atom. The van der Waals surface area contributed by atoms with E-state index in [0.29, 0.717) is 4.90 Å². The molecule has 1 atom stereocenters. The monoisotopic (exact) mass is 434 g/mol. The van der Waals surface area contributed by atoms with Crippen LogP contribution in [0.4, 0.5) is 0 Å². The summed E-state index contributed by atoms with van der Waals surface area (Å²) in [6.07, 6.45) is 2.03. The number of benzene rings is 2. The van der Waals surface area contributed by atoms with Crippen LogP contribution in [0, 0.1) is 13.8 Å². The fourth-order valence-electron chi connectivity index (χ4n) is 3.02. The van der Waals surface area contributed by atoms with Gasteiger partial charge in [-0.3, -0.25) is 4.90 Å². The van der Waals surface area contributed by atoms with Crippen LogP contribution in [0.1, 0.15) is 18.2 Å². The molecule has 3 rings (SSSR count). The molecular weight excluding hydrogens is 408 g/mol. The van der Waals surface area contributed by atoms with Gasteiger partial charge in [-0.2, -0.15) is 0 Å². The maximum atomic E-state index is 13.5. The number of aryl methyl sites for hydroxylation is 1.